The summed E-state index contributed by atoms with van der Waals surface area (Å²) in [5, 5.41) is 16.0. The molecule has 0 aromatic rings. The molecule has 100 valence electrons. The maximum Gasteiger partial charge on any atom is 0.221 e. The lowest BCUT2D eigenvalue weighted by molar-refractivity contribution is -0.121. The SMILES string of the molecule is CCC(C)NC(=O)CCN[C@H]1CCCC[C@@H]1O. The molecule has 0 aliphatic heterocycles. The lowest BCUT2D eigenvalue weighted by Gasteiger charge is -2.28. The molecule has 0 aromatic carbocycles. The zero-order chi connectivity index (χ0) is 12.7. The molecule has 3 N–H and O–H groups in total. The summed E-state index contributed by atoms with van der Waals surface area (Å²) in [6.45, 7) is 4.72. The lowest BCUT2D eigenvalue weighted by atomic mass is 9.92. The summed E-state index contributed by atoms with van der Waals surface area (Å²) in [7, 11) is 0. The number of carbonyl (C=O) groups excluding carboxylic acids is 1. The summed E-state index contributed by atoms with van der Waals surface area (Å²) in [5.74, 6) is 0.0946. The first-order chi connectivity index (χ1) is 8.13. The minimum absolute atomic E-state index is 0.0946. The predicted octanol–water partition coefficient (Wildman–Crippen LogP) is 1.18. The van der Waals surface area contributed by atoms with Crippen LogP contribution in [0, 0.1) is 0 Å². The van der Waals surface area contributed by atoms with Crippen molar-refractivity contribution in [1.82, 2.24) is 10.6 Å². The van der Waals surface area contributed by atoms with Gasteiger partial charge in [0, 0.05) is 25.0 Å². The van der Waals surface area contributed by atoms with Crippen LogP contribution in [0.4, 0.5) is 0 Å². The summed E-state index contributed by atoms with van der Waals surface area (Å²) in [4.78, 5) is 11.5. The van der Waals surface area contributed by atoms with E-state index in [2.05, 4.69) is 17.6 Å². The van der Waals surface area contributed by atoms with Gasteiger partial charge in [0.25, 0.3) is 0 Å². The molecule has 0 heterocycles. The smallest absolute Gasteiger partial charge is 0.221 e. The molecule has 0 bridgehead atoms. The highest BCUT2D eigenvalue weighted by molar-refractivity contribution is 5.76. The molecule has 1 aliphatic rings. The first kappa shape index (κ1) is 14.5. The van der Waals surface area contributed by atoms with E-state index in [0.29, 0.717) is 13.0 Å². The third-order valence-electron chi connectivity index (χ3n) is 3.51. The van der Waals surface area contributed by atoms with E-state index in [1.165, 1.54) is 6.42 Å². The quantitative estimate of drug-likeness (QED) is 0.655. The van der Waals surface area contributed by atoms with Crippen LogP contribution in [0.1, 0.15) is 52.4 Å². The van der Waals surface area contributed by atoms with Crippen LogP contribution in [0.3, 0.4) is 0 Å². The van der Waals surface area contributed by atoms with E-state index in [0.717, 1.165) is 25.7 Å². The standard InChI is InChI=1S/C13H26N2O2/c1-3-10(2)15-13(17)8-9-14-11-6-4-5-7-12(11)16/h10-12,14,16H,3-9H2,1-2H3,(H,15,17)/t10?,11-,12-/m0/s1. The molecule has 4 nitrogen and oxygen atoms in total. The van der Waals surface area contributed by atoms with Crippen LogP contribution in [-0.4, -0.2) is 35.7 Å². The van der Waals surface area contributed by atoms with Gasteiger partial charge in [-0.15, -0.1) is 0 Å². The van der Waals surface area contributed by atoms with Crippen LogP contribution in [0.15, 0.2) is 0 Å². The van der Waals surface area contributed by atoms with Crippen molar-refractivity contribution in [3.05, 3.63) is 0 Å². The number of amides is 1. The molecule has 3 atom stereocenters. The van der Waals surface area contributed by atoms with Gasteiger partial charge >= 0.3 is 0 Å². The summed E-state index contributed by atoms with van der Waals surface area (Å²) in [6, 6.07) is 0.433. The Morgan fingerprint density at radius 3 is 2.76 bits per heavy atom. The molecule has 4 heteroatoms. The second kappa shape index (κ2) is 7.67. The van der Waals surface area contributed by atoms with Gasteiger partial charge in [0.15, 0.2) is 0 Å². The van der Waals surface area contributed by atoms with Crippen molar-refractivity contribution in [3.63, 3.8) is 0 Å². The van der Waals surface area contributed by atoms with Gasteiger partial charge in [0.2, 0.25) is 5.91 Å². The van der Waals surface area contributed by atoms with Crippen molar-refractivity contribution in [2.45, 2.75) is 70.6 Å². The topological polar surface area (TPSA) is 61.4 Å². The molecule has 0 saturated heterocycles. The number of aliphatic hydroxyl groups excluding tert-OH is 1. The largest absolute Gasteiger partial charge is 0.392 e. The molecule has 1 fully saturated rings. The monoisotopic (exact) mass is 242 g/mol. The average molecular weight is 242 g/mol. The maximum atomic E-state index is 11.5. The van der Waals surface area contributed by atoms with Crippen LogP contribution >= 0.6 is 0 Å². The van der Waals surface area contributed by atoms with Gasteiger partial charge in [-0.1, -0.05) is 19.8 Å². The first-order valence-corrected chi connectivity index (χ1v) is 6.84. The Hall–Kier alpha value is -0.610. The van der Waals surface area contributed by atoms with Crippen LogP contribution in [-0.2, 0) is 4.79 Å². The molecular formula is C13H26N2O2. The van der Waals surface area contributed by atoms with Crippen molar-refractivity contribution < 1.29 is 9.90 Å². The van der Waals surface area contributed by atoms with Crippen molar-refractivity contribution >= 4 is 5.91 Å². The van der Waals surface area contributed by atoms with Crippen LogP contribution < -0.4 is 10.6 Å². The van der Waals surface area contributed by atoms with Gasteiger partial charge < -0.3 is 15.7 Å². The fourth-order valence-corrected chi connectivity index (χ4v) is 2.17. The van der Waals surface area contributed by atoms with E-state index in [-0.39, 0.29) is 24.1 Å². The van der Waals surface area contributed by atoms with Gasteiger partial charge in [0.05, 0.1) is 6.10 Å². The first-order valence-electron chi connectivity index (χ1n) is 6.84. The minimum atomic E-state index is -0.235. The number of aliphatic hydroxyl groups is 1. The van der Waals surface area contributed by atoms with Gasteiger partial charge in [-0.3, -0.25) is 4.79 Å². The predicted molar refractivity (Wildman–Crippen MR) is 68.8 cm³/mol. The highest BCUT2D eigenvalue weighted by Crippen LogP contribution is 2.18. The minimum Gasteiger partial charge on any atom is -0.392 e. The number of rotatable bonds is 6. The van der Waals surface area contributed by atoms with Crippen LogP contribution in [0.2, 0.25) is 0 Å². The Morgan fingerprint density at radius 1 is 1.41 bits per heavy atom. The summed E-state index contributed by atoms with van der Waals surface area (Å²) < 4.78 is 0. The third-order valence-corrected chi connectivity index (χ3v) is 3.51. The summed E-state index contributed by atoms with van der Waals surface area (Å²) in [5.41, 5.74) is 0. The summed E-state index contributed by atoms with van der Waals surface area (Å²) >= 11 is 0. The van der Waals surface area contributed by atoms with E-state index in [1.54, 1.807) is 0 Å². The maximum absolute atomic E-state index is 11.5. The molecule has 1 amide bonds. The van der Waals surface area contributed by atoms with Gasteiger partial charge in [-0.2, -0.15) is 0 Å². The molecule has 1 rings (SSSR count). The molecular weight excluding hydrogens is 216 g/mol. The van der Waals surface area contributed by atoms with Crippen molar-refractivity contribution in [3.8, 4) is 0 Å². The Kier molecular flexibility index (Phi) is 6.52. The number of hydrogen-bond acceptors (Lipinski definition) is 3. The molecule has 0 radical (unpaired) electrons. The molecule has 0 aromatic heterocycles. The highest BCUT2D eigenvalue weighted by Gasteiger charge is 2.22. The number of carbonyl (C=O) groups is 1. The molecule has 0 spiro atoms. The van der Waals surface area contributed by atoms with Crippen LogP contribution in [0.5, 0.6) is 0 Å². The molecule has 1 unspecified atom stereocenters. The summed E-state index contributed by atoms with van der Waals surface area (Å²) in [6.07, 6.45) is 5.42. The Balaban J connectivity index is 2.12. The normalized spacial score (nSPS) is 26.5. The second-order valence-electron chi connectivity index (χ2n) is 5.04. The Morgan fingerprint density at radius 2 is 2.12 bits per heavy atom. The van der Waals surface area contributed by atoms with Crippen molar-refractivity contribution in [2.24, 2.45) is 0 Å². The zero-order valence-electron chi connectivity index (χ0n) is 11.0. The van der Waals surface area contributed by atoms with E-state index < -0.39 is 0 Å². The average Bonchev–Trinajstić information content (AvgIpc) is 2.31. The fourth-order valence-electron chi connectivity index (χ4n) is 2.17. The van der Waals surface area contributed by atoms with Crippen molar-refractivity contribution in [2.75, 3.05) is 6.54 Å². The van der Waals surface area contributed by atoms with E-state index in [4.69, 9.17) is 0 Å². The number of nitrogens with one attached hydrogen (secondary N) is 2. The van der Waals surface area contributed by atoms with Crippen molar-refractivity contribution in [1.29, 1.82) is 0 Å². The molecule has 1 saturated carbocycles. The van der Waals surface area contributed by atoms with E-state index in [9.17, 15) is 9.90 Å². The zero-order valence-corrected chi connectivity index (χ0v) is 11.0. The fraction of sp³-hybridized carbons (Fsp3) is 0.923. The van der Waals surface area contributed by atoms with E-state index >= 15 is 0 Å². The van der Waals surface area contributed by atoms with Gasteiger partial charge in [0.1, 0.15) is 0 Å². The second-order valence-corrected chi connectivity index (χ2v) is 5.04. The Labute approximate surface area is 104 Å². The Bertz CT molecular complexity index is 233. The van der Waals surface area contributed by atoms with Gasteiger partial charge in [-0.05, 0) is 26.2 Å². The molecule has 1 aliphatic carbocycles. The number of hydrogen-bond donors (Lipinski definition) is 3. The van der Waals surface area contributed by atoms with Gasteiger partial charge in [-0.25, -0.2) is 0 Å². The lowest BCUT2D eigenvalue weighted by Crippen LogP contribution is -2.43. The van der Waals surface area contributed by atoms with Crippen LogP contribution in [0.25, 0.3) is 0 Å². The third kappa shape index (κ3) is 5.50. The highest BCUT2D eigenvalue weighted by atomic mass is 16.3. The van der Waals surface area contributed by atoms with E-state index in [1.807, 2.05) is 6.92 Å². The molecule has 17 heavy (non-hydrogen) atoms.